The number of likely N-dealkylation sites (tertiary alicyclic amines) is 1. The summed E-state index contributed by atoms with van der Waals surface area (Å²) in [5.74, 6) is 4.71. The molecule has 2 aromatic heterocycles. The van der Waals surface area contributed by atoms with Gasteiger partial charge in [-0.2, -0.15) is 0 Å². The molecular weight excluding hydrogens is 338 g/mol. The van der Waals surface area contributed by atoms with Gasteiger partial charge in [-0.1, -0.05) is 6.92 Å². The highest BCUT2D eigenvalue weighted by Gasteiger charge is 2.27. The van der Waals surface area contributed by atoms with E-state index in [1.165, 1.54) is 31.5 Å². The SMILES string of the molecule is CCc1cnc(C)nc1N1CCC(c2nnc(CN3CCCC3)n2C)CC1. The highest BCUT2D eigenvalue weighted by Crippen LogP contribution is 2.30. The molecule has 2 saturated heterocycles. The largest absolute Gasteiger partial charge is 0.356 e. The first-order chi connectivity index (χ1) is 13.2. The molecule has 0 spiro atoms. The Hall–Kier alpha value is -2.02. The molecule has 2 aliphatic heterocycles. The molecule has 0 atom stereocenters. The molecule has 0 amide bonds. The van der Waals surface area contributed by atoms with Crippen LogP contribution in [0.3, 0.4) is 0 Å². The van der Waals surface area contributed by atoms with Crippen LogP contribution in [0.25, 0.3) is 0 Å². The summed E-state index contributed by atoms with van der Waals surface area (Å²) in [6.07, 6.45) is 7.77. The maximum Gasteiger partial charge on any atom is 0.146 e. The van der Waals surface area contributed by atoms with E-state index in [0.29, 0.717) is 5.92 Å². The Labute approximate surface area is 161 Å². The number of hydrogen-bond donors (Lipinski definition) is 0. The predicted octanol–water partition coefficient (Wildman–Crippen LogP) is 2.46. The van der Waals surface area contributed by atoms with Crippen LogP contribution in [0.15, 0.2) is 6.20 Å². The number of hydrogen-bond acceptors (Lipinski definition) is 6. The lowest BCUT2D eigenvalue weighted by atomic mass is 9.95. The fraction of sp³-hybridized carbons (Fsp3) is 0.700. The molecule has 2 aliphatic rings. The van der Waals surface area contributed by atoms with Gasteiger partial charge in [-0.05, 0) is 52.1 Å². The standard InChI is InChI=1S/C20H31N7/c1-4-16-13-21-15(2)22-19(16)27-11-7-17(8-12-27)20-24-23-18(25(20)3)14-26-9-5-6-10-26/h13,17H,4-12,14H2,1-3H3. The van der Waals surface area contributed by atoms with E-state index in [9.17, 15) is 0 Å². The second-order valence-corrected chi connectivity index (χ2v) is 7.90. The molecule has 27 heavy (non-hydrogen) atoms. The average Bonchev–Trinajstić information content (AvgIpc) is 3.33. The van der Waals surface area contributed by atoms with Crippen LogP contribution in [0.1, 0.15) is 61.6 Å². The van der Waals surface area contributed by atoms with Gasteiger partial charge in [-0.25, -0.2) is 9.97 Å². The van der Waals surface area contributed by atoms with E-state index in [1.807, 2.05) is 13.1 Å². The van der Waals surface area contributed by atoms with E-state index in [0.717, 1.165) is 62.2 Å². The molecule has 0 aromatic carbocycles. The minimum atomic E-state index is 0.485. The minimum absolute atomic E-state index is 0.485. The Bertz CT molecular complexity index is 771. The van der Waals surface area contributed by atoms with Crippen LogP contribution in [0.5, 0.6) is 0 Å². The number of aryl methyl sites for hydroxylation is 2. The lowest BCUT2D eigenvalue weighted by Crippen LogP contribution is -2.35. The third kappa shape index (κ3) is 3.83. The van der Waals surface area contributed by atoms with Crippen molar-refractivity contribution in [1.29, 1.82) is 0 Å². The van der Waals surface area contributed by atoms with Gasteiger partial charge in [-0.15, -0.1) is 10.2 Å². The smallest absolute Gasteiger partial charge is 0.146 e. The molecule has 146 valence electrons. The zero-order valence-electron chi connectivity index (χ0n) is 16.9. The molecule has 2 fully saturated rings. The lowest BCUT2D eigenvalue weighted by Gasteiger charge is -2.33. The van der Waals surface area contributed by atoms with Gasteiger partial charge in [0, 0.05) is 37.8 Å². The summed E-state index contributed by atoms with van der Waals surface area (Å²) in [4.78, 5) is 14.0. The maximum atomic E-state index is 4.72. The van der Waals surface area contributed by atoms with Gasteiger partial charge < -0.3 is 9.47 Å². The van der Waals surface area contributed by atoms with Crippen molar-refractivity contribution in [3.8, 4) is 0 Å². The Morgan fingerprint density at radius 3 is 2.52 bits per heavy atom. The number of anilines is 1. The van der Waals surface area contributed by atoms with Gasteiger partial charge in [0.2, 0.25) is 0 Å². The van der Waals surface area contributed by atoms with Crippen molar-refractivity contribution >= 4 is 5.82 Å². The van der Waals surface area contributed by atoms with E-state index < -0.39 is 0 Å². The van der Waals surface area contributed by atoms with Crippen LogP contribution in [0.2, 0.25) is 0 Å². The van der Waals surface area contributed by atoms with Crippen molar-refractivity contribution in [1.82, 2.24) is 29.6 Å². The second kappa shape index (κ2) is 7.92. The quantitative estimate of drug-likeness (QED) is 0.807. The first-order valence-electron chi connectivity index (χ1n) is 10.3. The molecule has 0 saturated carbocycles. The zero-order valence-corrected chi connectivity index (χ0v) is 16.9. The molecule has 4 rings (SSSR count). The Kier molecular flexibility index (Phi) is 5.38. The third-order valence-corrected chi connectivity index (χ3v) is 6.07. The Morgan fingerprint density at radius 1 is 1.07 bits per heavy atom. The van der Waals surface area contributed by atoms with Crippen LogP contribution >= 0.6 is 0 Å². The van der Waals surface area contributed by atoms with Crippen molar-refractivity contribution in [2.24, 2.45) is 7.05 Å². The van der Waals surface area contributed by atoms with Crippen LogP contribution in [0, 0.1) is 6.92 Å². The highest BCUT2D eigenvalue weighted by atomic mass is 15.3. The van der Waals surface area contributed by atoms with Gasteiger partial charge in [0.15, 0.2) is 0 Å². The van der Waals surface area contributed by atoms with Gasteiger partial charge in [-0.3, -0.25) is 4.90 Å². The summed E-state index contributed by atoms with van der Waals surface area (Å²) < 4.78 is 2.24. The van der Waals surface area contributed by atoms with Crippen molar-refractivity contribution in [2.75, 3.05) is 31.1 Å². The van der Waals surface area contributed by atoms with Gasteiger partial charge in [0.1, 0.15) is 23.3 Å². The summed E-state index contributed by atoms with van der Waals surface area (Å²) in [7, 11) is 2.14. The van der Waals surface area contributed by atoms with E-state index in [2.05, 4.69) is 43.5 Å². The molecule has 0 bridgehead atoms. The van der Waals surface area contributed by atoms with Crippen LogP contribution in [-0.2, 0) is 20.0 Å². The third-order valence-electron chi connectivity index (χ3n) is 6.07. The zero-order chi connectivity index (χ0) is 18.8. The Morgan fingerprint density at radius 2 is 1.81 bits per heavy atom. The first kappa shape index (κ1) is 18.3. The van der Waals surface area contributed by atoms with Gasteiger partial charge >= 0.3 is 0 Å². The highest BCUT2D eigenvalue weighted by molar-refractivity contribution is 5.46. The van der Waals surface area contributed by atoms with E-state index in [4.69, 9.17) is 4.98 Å². The molecule has 4 heterocycles. The average molecular weight is 370 g/mol. The molecule has 0 unspecified atom stereocenters. The molecule has 7 nitrogen and oxygen atoms in total. The molecule has 2 aromatic rings. The lowest BCUT2D eigenvalue weighted by molar-refractivity contribution is 0.317. The predicted molar refractivity (Wildman–Crippen MR) is 106 cm³/mol. The number of piperidine rings is 1. The van der Waals surface area contributed by atoms with Gasteiger partial charge in [0.25, 0.3) is 0 Å². The van der Waals surface area contributed by atoms with Crippen molar-refractivity contribution in [2.45, 2.75) is 58.4 Å². The van der Waals surface area contributed by atoms with Crippen molar-refractivity contribution in [3.05, 3.63) is 29.2 Å². The summed E-state index contributed by atoms with van der Waals surface area (Å²) in [6.45, 7) is 9.49. The molecular formula is C20H31N7. The maximum absolute atomic E-state index is 4.72. The fourth-order valence-electron chi connectivity index (χ4n) is 4.36. The number of aromatic nitrogens is 5. The van der Waals surface area contributed by atoms with E-state index >= 15 is 0 Å². The first-order valence-corrected chi connectivity index (χ1v) is 10.3. The number of rotatable bonds is 5. The summed E-state index contributed by atoms with van der Waals surface area (Å²) >= 11 is 0. The monoisotopic (exact) mass is 369 g/mol. The fourth-order valence-corrected chi connectivity index (χ4v) is 4.36. The minimum Gasteiger partial charge on any atom is -0.356 e. The summed E-state index contributed by atoms with van der Waals surface area (Å²) in [5, 5.41) is 9.08. The van der Waals surface area contributed by atoms with Crippen LogP contribution < -0.4 is 4.90 Å². The second-order valence-electron chi connectivity index (χ2n) is 7.90. The molecule has 0 radical (unpaired) electrons. The normalized spacial score (nSPS) is 19.1. The van der Waals surface area contributed by atoms with Crippen LogP contribution in [-0.4, -0.2) is 55.8 Å². The van der Waals surface area contributed by atoms with Crippen molar-refractivity contribution < 1.29 is 0 Å². The van der Waals surface area contributed by atoms with E-state index in [1.54, 1.807) is 0 Å². The van der Waals surface area contributed by atoms with Crippen LogP contribution in [0.4, 0.5) is 5.82 Å². The topological polar surface area (TPSA) is 63.0 Å². The molecule has 7 heteroatoms. The Balaban J connectivity index is 1.42. The molecule has 0 aliphatic carbocycles. The molecule has 0 N–H and O–H groups in total. The summed E-state index contributed by atoms with van der Waals surface area (Å²) in [5.41, 5.74) is 1.24. The summed E-state index contributed by atoms with van der Waals surface area (Å²) in [6, 6.07) is 0. The van der Waals surface area contributed by atoms with Gasteiger partial charge in [0.05, 0.1) is 6.54 Å². The number of nitrogens with zero attached hydrogens (tertiary/aromatic N) is 7. The van der Waals surface area contributed by atoms with Crippen molar-refractivity contribution in [3.63, 3.8) is 0 Å². The van der Waals surface area contributed by atoms with E-state index in [-0.39, 0.29) is 0 Å².